The molecule has 0 aromatic heterocycles. The molecule has 0 amide bonds. The second-order valence-corrected chi connectivity index (χ2v) is 12.5. The van der Waals surface area contributed by atoms with Crippen molar-refractivity contribution in [3.63, 3.8) is 0 Å². The molecule has 1 aliphatic heterocycles. The van der Waals surface area contributed by atoms with E-state index in [4.69, 9.17) is 9.47 Å². The van der Waals surface area contributed by atoms with E-state index < -0.39 is 21.7 Å². The van der Waals surface area contributed by atoms with Crippen molar-refractivity contribution in [3.05, 3.63) is 78.4 Å². The van der Waals surface area contributed by atoms with Crippen LogP contribution in [0.5, 0.6) is 11.5 Å². The Labute approximate surface area is 237 Å². The zero-order valence-corrected chi connectivity index (χ0v) is 24.0. The number of anilines is 3. The van der Waals surface area contributed by atoms with Crippen LogP contribution in [0.4, 0.5) is 17.1 Å². The van der Waals surface area contributed by atoms with Gasteiger partial charge in [0, 0.05) is 29.5 Å². The standard InChI is InChI=1S/C31H39N3O5S/c1-38-28-21-25-27(22-26(28)33-40(2,36)37)39-31(17-10-5-11-18-31)30(35)29(25)32-19-12-20-34(23-13-6-3-7-14-23)24-15-8-4-9-16-24/h3-4,6-9,13-16,21-22,29-30,32-33,35H,5,10-12,17-20H2,1-2H3. The van der Waals surface area contributed by atoms with Crippen LogP contribution in [0.2, 0.25) is 0 Å². The van der Waals surface area contributed by atoms with Crippen LogP contribution in [0.25, 0.3) is 0 Å². The average Bonchev–Trinajstić information content (AvgIpc) is 2.95. The molecule has 3 aromatic carbocycles. The lowest BCUT2D eigenvalue weighted by Gasteiger charge is -2.48. The zero-order chi connectivity index (χ0) is 28.2. The summed E-state index contributed by atoms with van der Waals surface area (Å²) in [4.78, 5) is 2.30. The van der Waals surface area contributed by atoms with E-state index in [-0.39, 0.29) is 6.04 Å². The number of fused-ring (bicyclic) bond motifs is 1. The topological polar surface area (TPSA) is 100 Å². The van der Waals surface area contributed by atoms with Crippen molar-refractivity contribution in [2.45, 2.75) is 56.3 Å². The second-order valence-electron chi connectivity index (χ2n) is 10.7. The van der Waals surface area contributed by atoms with Gasteiger partial charge in [-0.25, -0.2) is 8.42 Å². The molecule has 8 nitrogen and oxygen atoms in total. The fourth-order valence-electron chi connectivity index (χ4n) is 6.00. The number of aliphatic hydroxyl groups excluding tert-OH is 1. The van der Waals surface area contributed by atoms with Crippen LogP contribution in [0.3, 0.4) is 0 Å². The van der Waals surface area contributed by atoms with E-state index >= 15 is 0 Å². The maximum atomic E-state index is 12.0. The van der Waals surface area contributed by atoms with Crippen molar-refractivity contribution in [2.75, 3.05) is 36.1 Å². The summed E-state index contributed by atoms with van der Waals surface area (Å²) in [6.45, 7) is 1.46. The monoisotopic (exact) mass is 565 g/mol. The molecule has 9 heteroatoms. The summed E-state index contributed by atoms with van der Waals surface area (Å²) in [7, 11) is -2.02. The van der Waals surface area contributed by atoms with Gasteiger partial charge in [-0.1, -0.05) is 42.8 Å². The molecule has 0 bridgehead atoms. The van der Waals surface area contributed by atoms with E-state index in [2.05, 4.69) is 39.2 Å². The highest BCUT2D eigenvalue weighted by Crippen LogP contribution is 2.49. The van der Waals surface area contributed by atoms with Gasteiger partial charge in [0.15, 0.2) is 0 Å². The lowest BCUT2D eigenvalue weighted by Crippen LogP contribution is -2.57. The van der Waals surface area contributed by atoms with Crippen molar-refractivity contribution in [1.29, 1.82) is 0 Å². The molecule has 0 radical (unpaired) electrons. The Kier molecular flexibility index (Phi) is 8.54. The highest BCUT2D eigenvalue weighted by Gasteiger charge is 2.49. The third kappa shape index (κ3) is 6.22. The van der Waals surface area contributed by atoms with Crippen LogP contribution >= 0.6 is 0 Å². The number of sulfonamides is 1. The minimum absolute atomic E-state index is 0.325. The molecule has 2 atom stereocenters. The van der Waals surface area contributed by atoms with Gasteiger partial charge in [0.05, 0.1) is 25.1 Å². The third-order valence-electron chi connectivity index (χ3n) is 7.89. The molecule has 1 saturated carbocycles. The molecule has 1 aliphatic carbocycles. The first kappa shape index (κ1) is 28.3. The highest BCUT2D eigenvalue weighted by atomic mass is 32.2. The first-order valence-electron chi connectivity index (χ1n) is 14.0. The van der Waals surface area contributed by atoms with E-state index in [9.17, 15) is 13.5 Å². The normalized spacial score (nSPS) is 19.9. The van der Waals surface area contributed by atoms with Crippen LogP contribution in [0.15, 0.2) is 72.8 Å². The van der Waals surface area contributed by atoms with E-state index in [1.807, 2.05) is 36.4 Å². The lowest BCUT2D eigenvalue weighted by molar-refractivity contribution is -0.107. The van der Waals surface area contributed by atoms with Gasteiger partial charge in [0.2, 0.25) is 10.0 Å². The second kappa shape index (κ2) is 12.1. The Balaban J connectivity index is 1.39. The highest BCUT2D eigenvalue weighted by molar-refractivity contribution is 7.92. The van der Waals surface area contributed by atoms with Crippen LogP contribution < -0.4 is 24.4 Å². The number of ether oxygens (including phenoxy) is 2. The lowest BCUT2D eigenvalue weighted by atomic mass is 9.74. The molecule has 40 heavy (non-hydrogen) atoms. The number of benzene rings is 3. The maximum absolute atomic E-state index is 12.0. The summed E-state index contributed by atoms with van der Waals surface area (Å²) in [6, 6.07) is 23.7. The molecule has 3 aromatic rings. The van der Waals surface area contributed by atoms with Gasteiger partial charge in [-0.15, -0.1) is 0 Å². The molecular weight excluding hydrogens is 526 g/mol. The van der Waals surface area contributed by atoms with Crippen molar-refractivity contribution >= 4 is 27.1 Å². The van der Waals surface area contributed by atoms with Crippen molar-refractivity contribution in [1.82, 2.24) is 5.32 Å². The molecular formula is C31H39N3O5S. The van der Waals surface area contributed by atoms with Gasteiger partial charge >= 0.3 is 0 Å². The van der Waals surface area contributed by atoms with Crippen LogP contribution in [-0.4, -0.2) is 51.7 Å². The fourth-order valence-corrected chi connectivity index (χ4v) is 6.56. The van der Waals surface area contributed by atoms with Crippen molar-refractivity contribution in [3.8, 4) is 11.5 Å². The Hall–Kier alpha value is -3.27. The predicted molar refractivity (Wildman–Crippen MR) is 159 cm³/mol. The number of nitrogens with zero attached hydrogens (tertiary/aromatic N) is 1. The van der Waals surface area contributed by atoms with Gasteiger partial charge < -0.3 is 24.8 Å². The summed E-state index contributed by atoms with van der Waals surface area (Å²) in [6.07, 6.45) is 5.77. The summed E-state index contributed by atoms with van der Waals surface area (Å²) >= 11 is 0. The average molecular weight is 566 g/mol. The summed E-state index contributed by atoms with van der Waals surface area (Å²) in [5.41, 5.74) is 2.64. The zero-order valence-electron chi connectivity index (χ0n) is 23.2. The van der Waals surface area contributed by atoms with E-state index in [1.54, 1.807) is 12.1 Å². The Morgan fingerprint density at radius 3 is 2.20 bits per heavy atom. The summed E-state index contributed by atoms with van der Waals surface area (Å²) in [5.74, 6) is 0.956. The largest absolute Gasteiger partial charge is 0.495 e. The third-order valence-corrected chi connectivity index (χ3v) is 8.48. The Morgan fingerprint density at radius 2 is 1.62 bits per heavy atom. The van der Waals surface area contributed by atoms with Crippen molar-refractivity contribution < 1.29 is 23.0 Å². The van der Waals surface area contributed by atoms with Crippen LogP contribution in [-0.2, 0) is 10.0 Å². The quantitative estimate of drug-likeness (QED) is 0.284. The maximum Gasteiger partial charge on any atom is 0.229 e. The fraction of sp³-hybridized carbons (Fsp3) is 0.419. The molecule has 1 spiro atoms. The van der Waals surface area contributed by atoms with Gasteiger partial charge in [0.1, 0.15) is 23.2 Å². The van der Waals surface area contributed by atoms with Crippen molar-refractivity contribution in [2.24, 2.45) is 0 Å². The van der Waals surface area contributed by atoms with E-state index in [1.165, 1.54) is 7.11 Å². The number of aliphatic hydroxyl groups is 1. The predicted octanol–water partition coefficient (Wildman–Crippen LogP) is 5.38. The molecule has 0 saturated heterocycles. The molecule has 5 rings (SSSR count). The SMILES string of the molecule is COc1cc2c(cc1NS(C)(=O)=O)OC1(CCCCC1)C(O)C2NCCCN(c1ccccc1)c1ccccc1. The van der Waals surface area contributed by atoms with Gasteiger partial charge in [0.25, 0.3) is 0 Å². The van der Waals surface area contributed by atoms with E-state index in [0.717, 1.165) is 68.3 Å². The summed E-state index contributed by atoms with van der Waals surface area (Å²) in [5, 5.41) is 15.4. The molecule has 3 N–H and O–H groups in total. The number of rotatable bonds is 10. The molecule has 1 heterocycles. The number of hydrogen-bond donors (Lipinski definition) is 3. The van der Waals surface area contributed by atoms with Gasteiger partial charge in [-0.05, 0) is 69.0 Å². The smallest absolute Gasteiger partial charge is 0.229 e. The molecule has 214 valence electrons. The number of hydrogen-bond acceptors (Lipinski definition) is 7. The van der Waals surface area contributed by atoms with E-state index in [0.29, 0.717) is 23.7 Å². The van der Waals surface area contributed by atoms with Gasteiger partial charge in [-0.3, -0.25) is 4.72 Å². The molecule has 2 aliphatic rings. The number of nitrogens with one attached hydrogen (secondary N) is 2. The number of para-hydroxylation sites is 2. The Morgan fingerprint density at radius 1 is 1.00 bits per heavy atom. The van der Waals surface area contributed by atoms with Gasteiger partial charge in [-0.2, -0.15) is 0 Å². The minimum Gasteiger partial charge on any atom is -0.495 e. The number of methoxy groups -OCH3 is 1. The Bertz CT molecular complexity index is 1340. The first-order chi connectivity index (χ1) is 19.3. The van der Waals surface area contributed by atoms with Crippen LogP contribution in [0, 0.1) is 0 Å². The molecule has 1 fully saturated rings. The minimum atomic E-state index is -3.52. The van der Waals surface area contributed by atoms with Crippen LogP contribution in [0.1, 0.15) is 50.1 Å². The summed E-state index contributed by atoms with van der Waals surface area (Å²) < 4.78 is 38.6. The first-order valence-corrected chi connectivity index (χ1v) is 15.9. The molecule has 2 unspecified atom stereocenters.